The van der Waals surface area contributed by atoms with Crippen LogP contribution in [0.3, 0.4) is 0 Å². The molecule has 0 bridgehead atoms. The lowest BCUT2D eigenvalue weighted by atomic mass is 10.0. The van der Waals surface area contributed by atoms with Gasteiger partial charge in [-0.2, -0.15) is 0 Å². The Bertz CT molecular complexity index is 638. The lowest BCUT2D eigenvalue weighted by Gasteiger charge is -2.17. The molecule has 22 heavy (non-hydrogen) atoms. The number of hydrogen-bond donors (Lipinski definition) is 0. The van der Waals surface area contributed by atoms with Gasteiger partial charge in [0.25, 0.3) is 0 Å². The summed E-state index contributed by atoms with van der Waals surface area (Å²) in [6.45, 7) is 0. The molecule has 2 rings (SSSR count). The molecule has 0 heterocycles. The van der Waals surface area contributed by atoms with E-state index in [0.717, 1.165) is 11.3 Å². The summed E-state index contributed by atoms with van der Waals surface area (Å²) in [5.41, 5.74) is 2.37. The first-order valence-electron chi connectivity index (χ1n) is 6.75. The van der Waals surface area contributed by atoms with Crippen LogP contribution < -0.4 is 4.90 Å². The third kappa shape index (κ3) is 3.95. The number of carbonyl (C=O) groups excluding carboxylic acids is 1. The summed E-state index contributed by atoms with van der Waals surface area (Å²) in [6.07, 6.45) is 0. The highest BCUT2D eigenvalue weighted by Crippen LogP contribution is 2.31. The Labute approximate surface area is 145 Å². The van der Waals surface area contributed by atoms with E-state index in [1.807, 2.05) is 43.3 Å². The maximum absolute atomic E-state index is 12.4. The molecule has 0 spiro atoms. The van der Waals surface area contributed by atoms with Crippen LogP contribution in [0, 0.1) is 0 Å². The number of carbonyl (C=O) groups is 1. The largest absolute Gasteiger partial charge is 0.378 e. The van der Waals surface area contributed by atoms with E-state index in [9.17, 15) is 4.79 Å². The van der Waals surface area contributed by atoms with Gasteiger partial charge in [-0.15, -0.1) is 23.2 Å². The number of nitrogens with zero attached hydrogens (tertiary/aromatic N) is 1. The van der Waals surface area contributed by atoms with Gasteiger partial charge in [-0.1, -0.05) is 23.7 Å². The van der Waals surface area contributed by atoms with Crippen molar-refractivity contribution >= 4 is 46.3 Å². The van der Waals surface area contributed by atoms with Crippen molar-refractivity contribution in [3.8, 4) is 0 Å². The number of Topliss-reactive ketones (excluding diaryl/α,β-unsaturated/α-hetero) is 1. The van der Waals surface area contributed by atoms with Gasteiger partial charge in [0.15, 0.2) is 5.78 Å². The van der Waals surface area contributed by atoms with Gasteiger partial charge in [-0.3, -0.25) is 4.79 Å². The molecule has 2 aromatic carbocycles. The molecule has 0 aromatic heterocycles. The Balaban J connectivity index is 2.15. The van der Waals surface area contributed by atoms with Crippen LogP contribution >= 0.6 is 34.8 Å². The summed E-state index contributed by atoms with van der Waals surface area (Å²) in [6, 6.07) is 14.3. The topological polar surface area (TPSA) is 20.3 Å². The van der Waals surface area contributed by atoms with E-state index in [-0.39, 0.29) is 5.78 Å². The van der Waals surface area contributed by atoms with E-state index in [1.165, 1.54) is 0 Å². The Morgan fingerprint density at radius 2 is 1.50 bits per heavy atom. The Morgan fingerprint density at radius 1 is 0.955 bits per heavy atom. The fourth-order valence-electron chi connectivity index (χ4n) is 2.03. The Morgan fingerprint density at radius 3 is 2.00 bits per heavy atom. The molecule has 0 radical (unpaired) electrons. The normalized spacial score (nSPS) is 13.5. The second kappa shape index (κ2) is 7.36. The summed E-state index contributed by atoms with van der Waals surface area (Å²) in [7, 11) is 3.92. The fourth-order valence-corrected chi connectivity index (χ4v) is 2.69. The first kappa shape index (κ1) is 17.1. The smallest absolute Gasteiger partial charge is 0.182 e. The summed E-state index contributed by atoms with van der Waals surface area (Å²) in [4.78, 5) is 14.4. The van der Waals surface area contributed by atoms with Crippen LogP contribution in [0.5, 0.6) is 0 Å². The van der Waals surface area contributed by atoms with Crippen molar-refractivity contribution in [3.63, 3.8) is 0 Å². The Hall–Kier alpha value is -1.22. The average Bonchev–Trinajstić information content (AvgIpc) is 2.53. The maximum Gasteiger partial charge on any atom is 0.182 e. The lowest BCUT2D eigenvalue weighted by Crippen LogP contribution is -2.20. The number of halogens is 3. The number of ketones is 1. The zero-order chi connectivity index (χ0) is 16.3. The quantitative estimate of drug-likeness (QED) is 0.543. The molecule has 0 saturated carbocycles. The van der Waals surface area contributed by atoms with Crippen molar-refractivity contribution in [2.45, 2.75) is 10.8 Å². The highest BCUT2D eigenvalue weighted by atomic mass is 35.5. The molecule has 5 heteroatoms. The minimum atomic E-state index is -0.840. The highest BCUT2D eigenvalue weighted by molar-refractivity contribution is 6.39. The van der Waals surface area contributed by atoms with Crippen LogP contribution in [-0.4, -0.2) is 25.3 Å². The fraction of sp³-hybridized carbons (Fsp3) is 0.235. The monoisotopic (exact) mass is 355 g/mol. The molecule has 116 valence electrons. The molecule has 0 aliphatic carbocycles. The molecule has 0 unspecified atom stereocenters. The third-order valence-corrected chi connectivity index (χ3v) is 4.70. The predicted octanol–water partition coefficient (Wildman–Crippen LogP) is 5.18. The number of anilines is 1. The van der Waals surface area contributed by atoms with Crippen LogP contribution in [0.15, 0.2) is 48.5 Å². The van der Waals surface area contributed by atoms with E-state index < -0.39 is 10.8 Å². The van der Waals surface area contributed by atoms with Crippen molar-refractivity contribution < 1.29 is 4.79 Å². The molecule has 0 aliphatic rings. The average molecular weight is 357 g/mol. The van der Waals surface area contributed by atoms with Gasteiger partial charge in [0, 0.05) is 30.4 Å². The van der Waals surface area contributed by atoms with Gasteiger partial charge >= 0.3 is 0 Å². The van der Waals surface area contributed by atoms with E-state index in [2.05, 4.69) is 0 Å². The zero-order valence-corrected chi connectivity index (χ0v) is 14.5. The van der Waals surface area contributed by atoms with Gasteiger partial charge in [-0.05, 0) is 42.0 Å². The first-order valence-corrected chi connectivity index (χ1v) is 8.00. The molecule has 0 N–H and O–H groups in total. The molecular formula is C17H16Cl3NO. The molecule has 2 atom stereocenters. The second-order valence-corrected chi connectivity index (χ2v) is 6.54. The summed E-state index contributed by atoms with van der Waals surface area (Å²) >= 11 is 18.5. The number of hydrogen-bond acceptors (Lipinski definition) is 2. The first-order chi connectivity index (χ1) is 10.4. The standard InChI is InChI=1S/C17H16Cl3NO/c1-21(2)14-9-5-11(6-10-14)15(19)16(20)17(22)12-3-7-13(18)8-4-12/h3-10,15-16H,1-2H3/t15-,16-/m1/s1. The van der Waals surface area contributed by atoms with E-state index in [4.69, 9.17) is 34.8 Å². The summed E-state index contributed by atoms with van der Waals surface area (Å²) in [5.74, 6) is -0.213. The summed E-state index contributed by atoms with van der Waals surface area (Å²) < 4.78 is 0. The van der Waals surface area contributed by atoms with Crippen LogP contribution in [-0.2, 0) is 0 Å². The van der Waals surface area contributed by atoms with E-state index >= 15 is 0 Å². The van der Waals surface area contributed by atoms with Gasteiger partial charge in [0.1, 0.15) is 5.38 Å². The molecule has 0 amide bonds. The molecule has 0 saturated heterocycles. The third-order valence-electron chi connectivity index (χ3n) is 3.36. The van der Waals surface area contributed by atoms with Crippen molar-refractivity contribution in [2.75, 3.05) is 19.0 Å². The van der Waals surface area contributed by atoms with Crippen molar-refractivity contribution in [2.24, 2.45) is 0 Å². The minimum absolute atomic E-state index is 0.213. The van der Waals surface area contributed by atoms with Crippen molar-refractivity contribution in [1.29, 1.82) is 0 Å². The highest BCUT2D eigenvalue weighted by Gasteiger charge is 2.26. The van der Waals surface area contributed by atoms with Crippen molar-refractivity contribution in [3.05, 3.63) is 64.7 Å². The predicted molar refractivity (Wildman–Crippen MR) is 94.8 cm³/mol. The van der Waals surface area contributed by atoms with Gasteiger partial charge < -0.3 is 4.90 Å². The molecule has 0 fully saturated rings. The SMILES string of the molecule is CN(C)c1ccc([C@@H](Cl)[C@@H](Cl)C(=O)c2ccc(Cl)cc2)cc1. The second-order valence-electron chi connectivity index (χ2n) is 5.16. The molecule has 2 aromatic rings. The van der Waals surface area contributed by atoms with Crippen molar-refractivity contribution in [1.82, 2.24) is 0 Å². The van der Waals surface area contributed by atoms with Crippen LogP contribution in [0.1, 0.15) is 21.3 Å². The van der Waals surface area contributed by atoms with Crippen LogP contribution in [0.25, 0.3) is 0 Å². The van der Waals surface area contributed by atoms with Gasteiger partial charge in [0.2, 0.25) is 0 Å². The number of alkyl halides is 2. The zero-order valence-electron chi connectivity index (χ0n) is 12.3. The molecular weight excluding hydrogens is 341 g/mol. The minimum Gasteiger partial charge on any atom is -0.378 e. The lowest BCUT2D eigenvalue weighted by molar-refractivity contribution is 0.0985. The Kier molecular flexibility index (Phi) is 5.74. The van der Waals surface area contributed by atoms with Gasteiger partial charge in [-0.25, -0.2) is 0 Å². The van der Waals surface area contributed by atoms with E-state index in [0.29, 0.717) is 10.6 Å². The number of rotatable bonds is 5. The van der Waals surface area contributed by atoms with E-state index in [1.54, 1.807) is 24.3 Å². The molecule has 2 nitrogen and oxygen atoms in total. The maximum atomic E-state index is 12.4. The molecule has 0 aliphatic heterocycles. The summed E-state index contributed by atoms with van der Waals surface area (Å²) in [5, 5.41) is -0.863. The van der Waals surface area contributed by atoms with Crippen LogP contribution in [0.4, 0.5) is 5.69 Å². The number of benzene rings is 2. The van der Waals surface area contributed by atoms with Gasteiger partial charge in [0.05, 0.1) is 5.38 Å². The van der Waals surface area contributed by atoms with Crippen LogP contribution in [0.2, 0.25) is 5.02 Å².